The van der Waals surface area contributed by atoms with Crippen molar-refractivity contribution in [2.45, 2.75) is 18.6 Å². The monoisotopic (exact) mass is 286 g/mol. The zero-order chi connectivity index (χ0) is 15.0. The topological polar surface area (TPSA) is 12.5 Å². The van der Waals surface area contributed by atoms with Crippen LogP contribution in [-0.4, -0.2) is 0 Å². The predicted molar refractivity (Wildman–Crippen MR) is 88.7 cm³/mol. The number of hydrogen-bond acceptors (Lipinski definition) is 1. The Balaban J connectivity index is 1.81. The van der Waals surface area contributed by atoms with Crippen LogP contribution in [0, 0.1) is 6.92 Å². The van der Waals surface area contributed by atoms with Crippen LogP contribution < -0.4 is 0 Å². The number of hydrogen-bond donors (Lipinski definition) is 0. The fourth-order valence-corrected chi connectivity index (χ4v) is 3.17. The SMILES string of the molecule is Cc1ccc(C2OC2(c2ccccc2)c2ccccc2)cc1. The third kappa shape index (κ3) is 2.06. The van der Waals surface area contributed by atoms with Gasteiger partial charge in [-0.3, -0.25) is 0 Å². The molecule has 1 aliphatic rings. The molecule has 0 radical (unpaired) electrons. The summed E-state index contributed by atoms with van der Waals surface area (Å²) in [6.07, 6.45) is 0.0814. The van der Waals surface area contributed by atoms with Gasteiger partial charge in [-0.15, -0.1) is 0 Å². The summed E-state index contributed by atoms with van der Waals surface area (Å²) in [5, 5.41) is 0. The normalized spacial score (nSPS) is 18.9. The highest BCUT2D eigenvalue weighted by atomic mass is 16.6. The lowest BCUT2D eigenvalue weighted by atomic mass is 9.85. The molecule has 22 heavy (non-hydrogen) atoms. The summed E-state index contributed by atoms with van der Waals surface area (Å²) in [5.74, 6) is 0. The van der Waals surface area contributed by atoms with Crippen molar-refractivity contribution in [3.8, 4) is 0 Å². The van der Waals surface area contributed by atoms with E-state index in [0.717, 1.165) is 0 Å². The summed E-state index contributed by atoms with van der Waals surface area (Å²) in [6.45, 7) is 2.11. The minimum atomic E-state index is -0.349. The Morgan fingerprint density at radius 2 is 1.18 bits per heavy atom. The molecule has 1 heterocycles. The lowest BCUT2D eigenvalue weighted by molar-refractivity contribution is 0.329. The van der Waals surface area contributed by atoms with Crippen molar-refractivity contribution < 1.29 is 4.74 Å². The maximum atomic E-state index is 6.30. The second-order valence-corrected chi connectivity index (χ2v) is 5.88. The average Bonchev–Trinajstić information content (AvgIpc) is 3.34. The maximum Gasteiger partial charge on any atom is 0.149 e. The standard InChI is InChI=1S/C21H18O/c1-16-12-14-17(15-13-16)20-21(22-20,18-8-4-2-5-9-18)19-10-6-3-7-11-19/h2-15,20H,1H3. The van der Waals surface area contributed by atoms with Gasteiger partial charge in [-0.25, -0.2) is 0 Å². The summed E-state index contributed by atoms with van der Waals surface area (Å²) in [6, 6.07) is 29.7. The zero-order valence-electron chi connectivity index (χ0n) is 12.6. The Morgan fingerprint density at radius 3 is 1.68 bits per heavy atom. The molecule has 0 amide bonds. The molecule has 0 N–H and O–H groups in total. The number of benzene rings is 3. The molecular weight excluding hydrogens is 268 g/mol. The van der Waals surface area contributed by atoms with Crippen molar-refractivity contribution in [2.24, 2.45) is 0 Å². The quantitative estimate of drug-likeness (QED) is 0.617. The molecule has 1 aliphatic heterocycles. The highest BCUT2D eigenvalue weighted by Crippen LogP contribution is 2.60. The third-order valence-electron chi connectivity index (χ3n) is 4.40. The number of ether oxygens (including phenoxy) is 1. The smallest absolute Gasteiger partial charge is 0.149 e. The molecule has 0 aromatic heterocycles. The Hall–Kier alpha value is -2.38. The van der Waals surface area contributed by atoms with Gasteiger partial charge in [0.15, 0.2) is 0 Å². The van der Waals surface area contributed by atoms with Gasteiger partial charge in [0.25, 0.3) is 0 Å². The van der Waals surface area contributed by atoms with E-state index in [1.54, 1.807) is 0 Å². The van der Waals surface area contributed by atoms with Crippen LogP contribution >= 0.6 is 0 Å². The minimum Gasteiger partial charge on any atom is -0.351 e. The number of aryl methyl sites for hydroxylation is 1. The molecule has 1 saturated heterocycles. The Bertz CT molecular complexity index is 721. The molecule has 0 aliphatic carbocycles. The maximum absolute atomic E-state index is 6.30. The molecule has 0 saturated carbocycles. The lowest BCUT2D eigenvalue weighted by Gasteiger charge is -2.14. The summed E-state index contributed by atoms with van der Waals surface area (Å²) in [5.41, 5.74) is 4.59. The highest BCUT2D eigenvalue weighted by Gasteiger charge is 2.59. The molecule has 3 aromatic rings. The van der Waals surface area contributed by atoms with Gasteiger partial charge in [-0.1, -0.05) is 90.5 Å². The van der Waals surface area contributed by atoms with E-state index in [1.165, 1.54) is 22.3 Å². The van der Waals surface area contributed by atoms with Gasteiger partial charge < -0.3 is 4.74 Å². The molecule has 108 valence electrons. The third-order valence-corrected chi connectivity index (χ3v) is 4.40. The van der Waals surface area contributed by atoms with Gasteiger partial charge in [-0.05, 0) is 23.6 Å². The molecule has 0 bridgehead atoms. The first-order valence-electron chi connectivity index (χ1n) is 7.66. The minimum absolute atomic E-state index is 0.0814. The molecule has 1 heteroatoms. The second-order valence-electron chi connectivity index (χ2n) is 5.88. The zero-order valence-corrected chi connectivity index (χ0v) is 12.6. The Labute approximate surface area is 131 Å². The highest BCUT2D eigenvalue weighted by molar-refractivity contribution is 5.46. The van der Waals surface area contributed by atoms with Gasteiger partial charge in [0, 0.05) is 0 Å². The molecule has 1 unspecified atom stereocenters. The van der Waals surface area contributed by atoms with Crippen LogP contribution in [0.15, 0.2) is 84.9 Å². The summed E-state index contributed by atoms with van der Waals surface area (Å²) >= 11 is 0. The van der Waals surface area contributed by atoms with E-state index in [2.05, 4.69) is 79.7 Å². The number of epoxide rings is 1. The van der Waals surface area contributed by atoms with E-state index in [1.807, 2.05) is 12.1 Å². The van der Waals surface area contributed by atoms with E-state index in [0.29, 0.717) is 0 Å². The molecule has 0 spiro atoms. The predicted octanol–water partition coefficient (Wildman–Crippen LogP) is 5.01. The van der Waals surface area contributed by atoms with Crippen LogP contribution in [0.2, 0.25) is 0 Å². The van der Waals surface area contributed by atoms with Crippen LogP contribution in [0.5, 0.6) is 0 Å². The van der Waals surface area contributed by atoms with Crippen LogP contribution in [0.1, 0.15) is 28.4 Å². The van der Waals surface area contributed by atoms with Gasteiger partial charge in [-0.2, -0.15) is 0 Å². The van der Waals surface area contributed by atoms with Crippen molar-refractivity contribution in [1.29, 1.82) is 0 Å². The van der Waals surface area contributed by atoms with Crippen molar-refractivity contribution in [3.63, 3.8) is 0 Å². The van der Waals surface area contributed by atoms with Gasteiger partial charge in [0.05, 0.1) is 0 Å². The molecule has 1 fully saturated rings. The van der Waals surface area contributed by atoms with Gasteiger partial charge >= 0.3 is 0 Å². The van der Waals surface area contributed by atoms with E-state index < -0.39 is 0 Å². The second kappa shape index (κ2) is 5.11. The van der Waals surface area contributed by atoms with E-state index in [4.69, 9.17) is 4.74 Å². The van der Waals surface area contributed by atoms with Crippen LogP contribution in [0.4, 0.5) is 0 Å². The van der Waals surface area contributed by atoms with Crippen LogP contribution in [-0.2, 0) is 10.3 Å². The van der Waals surface area contributed by atoms with E-state index in [-0.39, 0.29) is 11.7 Å². The molecule has 1 atom stereocenters. The molecule has 4 rings (SSSR count). The molecule has 3 aromatic carbocycles. The lowest BCUT2D eigenvalue weighted by Crippen LogP contribution is -2.12. The van der Waals surface area contributed by atoms with Crippen molar-refractivity contribution in [3.05, 3.63) is 107 Å². The van der Waals surface area contributed by atoms with Crippen molar-refractivity contribution in [1.82, 2.24) is 0 Å². The summed E-state index contributed by atoms with van der Waals surface area (Å²) in [7, 11) is 0. The fraction of sp³-hybridized carbons (Fsp3) is 0.143. The fourth-order valence-electron chi connectivity index (χ4n) is 3.17. The average molecular weight is 286 g/mol. The first kappa shape index (κ1) is 13.3. The van der Waals surface area contributed by atoms with Crippen LogP contribution in [0.25, 0.3) is 0 Å². The Kier molecular flexibility index (Phi) is 3.09. The number of rotatable bonds is 3. The first-order chi connectivity index (χ1) is 10.8. The Morgan fingerprint density at radius 1 is 0.682 bits per heavy atom. The summed E-state index contributed by atoms with van der Waals surface area (Å²) < 4.78 is 6.30. The van der Waals surface area contributed by atoms with E-state index >= 15 is 0 Å². The van der Waals surface area contributed by atoms with Crippen molar-refractivity contribution >= 4 is 0 Å². The first-order valence-corrected chi connectivity index (χ1v) is 7.66. The van der Waals surface area contributed by atoms with E-state index in [9.17, 15) is 0 Å². The molecular formula is C21H18O. The van der Waals surface area contributed by atoms with Crippen LogP contribution in [0.3, 0.4) is 0 Å². The summed E-state index contributed by atoms with van der Waals surface area (Å²) in [4.78, 5) is 0. The van der Waals surface area contributed by atoms with Crippen molar-refractivity contribution in [2.75, 3.05) is 0 Å². The molecule has 1 nitrogen and oxygen atoms in total. The van der Waals surface area contributed by atoms with Gasteiger partial charge in [0.1, 0.15) is 11.7 Å². The largest absolute Gasteiger partial charge is 0.351 e. The van der Waals surface area contributed by atoms with Gasteiger partial charge in [0.2, 0.25) is 0 Å².